The maximum atomic E-state index is 12.0. The van der Waals surface area contributed by atoms with Crippen LogP contribution in [0.4, 0.5) is 0 Å². The molecule has 136 valence electrons. The fourth-order valence-corrected chi connectivity index (χ4v) is 2.62. The molecule has 0 atom stereocenters. The molecule has 2 aromatic carbocycles. The number of rotatable bonds is 6. The summed E-state index contributed by atoms with van der Waals surface area (Å²) in [6, 6.07) is 12.6. The van der Waals surface area contributed by atoms with Crippen LogP contribution in [0, 0.1) is 0 Å². The molecule has 1 aliphatic rings. The van der Waals surface area contributed by atoms with Crippen LogP contribution in [0.5, 0.6) is 11.5 Å². The van der Waals surface area contributed by atoms with E-state index in [9.17, 15) is 9.59 Å². The van der Waals surface area contributed by atoms with Crippen molar-refractivity contribution in [2.24, 2.45) is 0 Å². The number of amides is 2. The summed E-state index contributed by atoms with van der Waals surface area (Å²) >= 11 is 5.81. The Morgan fingerprint density at radius 3 is 2.35 bits per heavy atom. The Balaban J connectivity index is 1.42. The second kappa shape index (κ2) is 8.58. The molecule has 1 heterocycles. The molecule has 0 aromatic heterocycles. The summed E-state index contributed by atoms with van der Waals surface area (Å²) in [5.41, 5.74) is 1.73. The molecule has 0 aliphatic carbocycles. The number of carbonyl (C=O) groups is 2. The zero-order valence-electron chi connectivity index (χ0n) is 14.1. The van der Waals surface area contributed by atoms with Gasteiger partial charge < -0.3 is 20.1 Å². The largest absolute Gasteiger partial charge is 0.486 e. The molecular weight excluding hydrogens is 356 g/mol. The van der Waals surface area contributed by atoms with Gasteiger partial charge in [0.1, 0.15) is 13.2 Å². The van der Waals surface area contributed by atoms with Gasteiger partial charge in [0.25, 0.3) is 0 Å². The Bertz CT molecular complexity index is 793. The van der Waals surface area contributed by atoms with E-state index in [1.807, 2.05) is 18.2 Å². The lowest BCUT2D eigenvalue weighted by Crippen LogP contribution is -2.37. The fraction of sp³-hybridized carbons (Fsp3) is 0.263. The lowest BCUT2D eigenvalue weighted by molar-refractivity contribution is -0.125. The van der Waals surface area contributed by atoms with E-state index >= 15 is 0 Å². The number of carbonyl (C=O) groups excluding carboxylic acids is 2. The van der Waals surface area contributed by atoms with Crippen molar-refractivity contribution in [1.29, 1.82) is 0 Å². The minimum absolute atomic E-state index is 0.0724. The van der Waals surface area contributed by atoms with Gasteiger partial charge in [-0.2, -0.15) is 0 Å². The van der Waals surface area contributed by atoms with Gasteiger partial charge in [0.2, 0.25) is 11.8 Å². The molecule has 6 nitrogen and oxygen atoms in total. The summed E-state index contributed by atoms with van der Waals surface area (Å²) in [6.07, 6.45) is 0.168. The number of halogens is 1. The van der Waals surface area contributed by atoms with Crippen LogP contribution in [-0.2, 0) is 22.6 Å². The van der Waals surface area contributed by atoms with Crippen LogP contribution in [0.15, 0.2) is 42.5 Å². The molecule has 0 bridgehead atoms. The van der Waals surface area contributed by atoms with Gasteiger partial charge in [-0.15, -0.1) is 0 Å². The fourth-order valence-electron chi connectivity index (χ4n) is 2.49. The number of hydrogen-bond donors (Lipinski definition) is 2. The molecule has 0 spiro atoms. The molecular formula is C19H19ClN2O4. The number of benzene rings is 2. The second-order valence-corrected chi connectivity index (χ2v) is 6.27. The average Bonchev–Trinajstić information content (AvgIpc) is 2.66. The van der Waals surface area contributed by atoms with Crippen molar-refractivity contribution < 1.29 is 19.1 Å². The Kier molecular flexibility index (Phi) is 5.96. The third-order valence-electron chi connectivity index (χ3n) is 3.82. The van der Waals surface area contributed by atoms with Crippen LogP contribution in [0.2, 0.25) is 5.02 Å². The lowest BCUT2D eigenvalue weighted by Gasteiger charge is -2.18. The average molecular weight is 375 g/mol. The summed E-state index contributed by atoms with van der Waals surface area (Å²) in [5.74, 6) is 0.836. The molecule has 0 saturated carbocycles. The highest BCUT2D eigenvalue weighted by Gasteiger charge is 2.13. The van der Waals surface area contributed by atoms with Crippen molar-refractivity contribution in [3.8, 4) is 11.5 Å². The maximum Gasteiger partial charge on any atom is 0.239 e. The first-order valence-electron chi connectivity index (χ1n) is 8.26. The standard InChI is InChI=1S/C19H19ClN2O4/c20-15-4-1-13(2-5-15)11-21-19(24)12-22-18(23)10-14-3-6-16-17(9-14)26-8-7-25-16/h1-6,9H,7-8,10-12H2,(H,21,24)(H,22,23). The Labute approximate surface area is 156 Å². The van der Waals surface area contributed by atoms with Crippen molar-refractivity contribution in [2.75, 3.05) is 19.8 Å². The van der Waals surface area contributed by atoms with E-state index in [2.05, 4.69) is 10.6 Å². The van der Waals surface area contributed by atoms with Crippen LogP contribution in [0.1, 0.15) is 11.1 Å². The van der Waals surface area contributed by atoms with Crippen molar-refractivity contribution >= 4 is 23.4 Å². The lowest BCUT2D eigenvalue weighted by atomic mass is 10.1. The van der Waals surface area contributed by atoms with E-state index in [0.29, 0.717) is 36.3 Å². The molecule has 0 fully saturated rings. The predicted molar refractivity (Wildman–Crippen MR) is 97.4 cm³/mol. The van der Waals surface area contributed by atoms with E-state index < -0.39 is 0 Å². The van der Waals surface area contributed by atoms with Crippen LogP contribution in [0.25, 0.3) is 0 Å². The van der Waals surface area contributed by atoms with Gasteiger partial charge in [-0.1, -0.05) is 29.8 Å². The molecule has 7 heteroatoms. The Hall–Kier alpha value is -2.73. The highest BCUT2D eigenvalue weighted by atomic mass is 35.5. The molecule has 3 rings (SSSR count). The summed E-state index contributed by atoms with van der Waals surface area (Å²) in [5, 5.41) is 6.00. The smallest absolute Gasteiger partial charge is 0.239 e. The minimum atomic E-state index is -0.254. The number of ether oxygens (including phenoxy) is 2. The summed E-state index contributed by atoms with van der Waals surface area (Å²) in [4.78, 5) is 23.9. The van der Waals surface area contributed by atoms with Gasteiger partial charge >= 0.3 is 0 Å². The third-order valence-corrected chi connectivity index (χ3v) is 4.07. The normalized spacial score (nSPS) is 12.3. The van der Waals surface area contributed by atoms with Crippen molar-refractivity contribution in [1.82, 2.24) is 10.6 Å². The van der Waals surface area contributed by atoms with Gasteiger partial charge in [-0.3, -0.25) is 9.59 Å². The van der Waals surface area contributed by atoms with E-state index in [-0.39, 0.29) is 24.8 Å². The van der Waals surface area contributed by atoms with Gasteiger partial charge in [-0.05, 0) is 35.4 Å². The summed E-state index contributed by atoms with van der Waals surface area (Å²) in [7, 11) is 0. The third kappa shape index (κ3) is 5.13. The van der Waals surface area contributed by atoms with Crippen molar-refractivity contribution in [2.45, 2.75) is 13.0 Å². The van der Waals surface area contributed by atoms with Crippen LogP contribution in [-0.4, -0.2) is 31.6 Å². The highest BCUT2D eigenvalue weighted by Crippen LogP contribution is 2.30. The van der Waals surface area contributed by atoms with Gasteiger partial charge in [0.15, 0.2) is 11.5 Å². The summed E-state index contributed by atoms with van der Waals surface area (Å²) in [6.45, 7) is 1.33. The molecule has 1 aliphatic heterocycles. The Morgan fingerprint density at radius 2 is 1.58 bits per heavy atom. The van der Waals surface area contributed by atoms with Gasteiger partial charge in [-0.25, -0.2) is 0 Å². The zero-order chi connectivity index (χ0) is 18.4. The second-order valence-electron chi connectivity index (χ2n) is 5.83. The van der Waals surface area contributed by atoms with Crippen molar-refractivity contribution in [3.63, 3.8) is 0 Å². The molecule has 0 radical (unpaired) electrons. The SMILES string of the molecule is O=C(CNC(=O)Cc1ccc2c(c1)OCCO2)NCc1ccc(Cl)cc1. The molecule has 2 amide bonds. The number of hydrogen-bond acceptors (Lipinski definition) is 4. The van der Waals surface area contributed by atoms with Gasteiger partial charge in [0, 0.05) is 11.6 Å². The van der Waals surface area contributed by atoms with Crippen molar-refractivity contribution in [3.05, 3.63) is 58.6 Å². The number of nitrogens with one attached hydrogen (secondary N) is 2. The minimum Gasteiger partial charge on any atom is -0.486 e. The highest BCUT2D eigenvalue weighted by molar-refractivity contribution is 6.30. The van der Waals surface area contributed by atoms with E-state index in [4.69, 9.17) is 21.1 Å². The van der Waals surface area contributed by atoms with E-state index in [1.165, 1.54) is 0 Å². The van der Waals surface area contributed by atoms with Crippen LogP contribution < -0.4 is 20.1 Å². The first-order valence-corrected chi connectivity index (χ1v) is 8.64. The first kappa shape index (κ1) is 18.1. The van der Waals surface area contributed by atoms with Crippen LogP contribution in [0.3, 0.4) is 0 Å². The Morgan fingerprint density at radius 1 is 0.885 bits per heavy atom. The van der Waals surface area contributed by atoms with Crippen LogP contribution >= 0.6 is 11.6 Å². The van der Waals surface area contributed by atoms with E-state index in [1.54, 1.807) is 24.3 Å². The van der Waals surface area contributed by atoms with Gasteiger partial charge in [0.05, 0.1) is 13.0 Å². The quantitative estimate of drug-likeness (QED) is 0.811. The molecule has 2 N–H and O–H groups in total. The zero-order valence-corrected chi connectivity index (χ0v) is 14.8. The van der Waals surface area contributed by atoms with E-state index in [0.717, 1.165) is 11.1 Å². The molecule has 26 heavy (non-hydrogen) atoms. The predicted octanol–water partition coefficient (Wildman–Crippen LogP) is 2.09. The maximum absolute atomic E-state index is 12.0. The first-order chi connectivity index (χ1) is 12.6. The number of fused-ring (bicyclic) bond motifs is 1. The topological polar surface area (TPSA) is 76.7 Å². The summed E-state index contributed by atoms with van der Waals surface area (Å²) < 4.78 is 10.9. The molecule has 2 aromatic rings. The molecule has 0 unspecified atom stereocenters. The molecule has 0 saturated heterocycles. The monoisotopic (exact) mass is 374 g/mol.